The highest BCUT2D eigenvalue weighted by Gasteiger charge is 2.44. The van der Waals surface area contributed by atoms with Crippen molar-refractivity contribution >= 4 is 22.9 Å². The van der Waals surface area contributed by atoms with Crippen LogP contribution >= 0.6 is 0 Å². The van der Waals surface area contributed by atoms with Gasteiger partial charge in [-0.15, -0.1) is 0 Å². The summed E-state index contributed by atoms with van der Waals surface area (Å²) in [5, 5.41) is 10.5. The lowest BCUT2D eigenvalue weighted by molar-refractivity contribution is -0.145. The number of carbonyl (C=O) groups is 2. The summed E-state index contributed by atoms with van der Waals surface area (Å²) in [6, 6.07) is 7.44. The van der Waals surface area contributed by atoms with Crippen LogP contribution in [0.5, 0.6) is 0 Å². The standard InChI is InChI=1S/C29H35FN4O4/c1-17-16-33(12-13-34(17)26(36)21(35)15-28(2,3)4)27(37)22-14-20-23(38-22)24(29(5)10-11-29)32-25(31-20)18-6-8-19(30)9-7-18/h6-9,14,17,21,35H,10-13,15-16H2,1-5H3. The van der Waals surface area contributed by atoms with E-state index in [0.29, 0.717) is 48.5 Å². The van der Waals surface area contributed by atoms with Gasteiger partial charge in [0.2, 0.25) is 0 Å². The molecule has 202 valence electrons. The Kier molecular flexibility index (Phi) is 6.54. The fourth-order valence-corrected chi connectivity index (χ4v) is 5.08. The number of fused-ring (bicyclic) bond motifs is 1. The van der Waals surface area contributed by atoms with Gasteiger partial charge in [-0.3, -0.25) is 9.59 Å². The van der Waals surface area contributed by atoms with Crippen LogP contribution < -0.4 is 0 Å². The SMILES string of the molecule is CC1CN(C(=O)c2cc3nc(-c4ccc(F)cc4)nc(C4(C)CC4)c3o2)CCN1C(=O)C(O)CC(C)(C)C. The highest BCUT2D eigenvalue weighted by Crippen LogP contribution is 2.49. The van der Waals surface area contributed by atoms with Crippen molar-refractivity contribution in [3.63, 3.8) is 0 Å². The molecule has 3 heterocycles. The minimum atomic E-state index is -1.06. The molecule has 3 aromatic rings. The highest BCUT2D eigenvalue weighted by molar-refractivity contribution is 5.96. The number of aromatic nitrogens is 2. The van der Waals surface area contributed by atoms with Crippen LogP contribution in [0.1, 0.15) is 70.1 Å². The molecule has 0 spiro atoms. The first kappa shape index (κ1) is 26.3. The third-order valence-corrected chi connectivity index (χ3v) is 7.55. The molecule has 1 saturated heterocycles. The van der Waals surface area contributed by atoms with E-state index in [1.54, 1.807) is 28.0 Å². The lowest BCUT2D eigenvalue weighted by Crippen LogP contribution is -2.57. The van der Waals surface area contributed by atoms with E-state index in [-0.39, 0.29) is 40.3 Å². The lowest BCUT2D eigenvalue weighted by Gasteiger charge is -2.40. The maximum Gasteiger partial charge on any atom is 0.289 e. The Morgan fingerprint density at radius 1 is 1.18 bits per heavy atom. The van der Waals surface area contributed by atoms with Crippen molar-refractivity contribution in [1.29, 1.82) is 0 Å². The Labute approximate surface area is 221 Å². The molecule has 2 amide bonds. The summed E-state index contributed by atoms with van der Waals surface area (Å²) in [7, 11) is 0. The molecule has 2 aromatic heterocycles. The number of rotatable bonds is 5. The monoisotopic (exact) mass is 522 g/mol. The minimum absolute atomic E-state index is 0.150. The number of carbonyl (C=O) groups excluding carboxylic acids is 2. The molecule has 2 atom stereocenters. The van der Waals surface area contributed by atoms with E-state index in [9.17, 15) is 19.1 Å². The molecule has 1 aromatic carbocycles. The van der Waals surface area contributed by atoms with Crippen LogP contribution in [0.25, 0.3) is 22.5 Å². The summed E-state index contributed by atoms with van der Waals surface area (Å²) in [5.41, 5.74) is 2.17. The van der Waals surface area contributed by atoms with Crippen molar-refractivity contribution in [2.24, 2.45) is 5.41 Å². The fraction of sp³-hybridized carbons (Fsp3) is 0.517. The molecule has 5 rings (SSSR count). The van der Waals surface area contributed by atoms with E-state index < -0.39 is 6.10 Å². The van der Waals surface area contributed by atoms with Crippen LogP contribution in [0.4, 0.5) is 4.39 Å². The normalized spacial score (nSPS) is 20.0. The van der Waals surface area contributed by atoms with E-state index in [0.717, 1.165) is 18.5 Å². The van der Waals surface area contributed by atoms with E-state index in [4.69, 9.17) is 9.40 Å². The zero-order valence-corrected chi connectivity index (χ0v) is 22.6. The molecule has 0 radical (unpaired) electrons. The Bertz CT molecular complexity index is 1370. The lowest BCUT2D eigenvalue weighted by atomic mass is 9.88. The van der Waals surface area contributed by atoms with Crippen LogP contribution in [0, 0.1) is 11.2 Å². The number of aliphatic hydroxyl groups excluding tert-OH is 1. The number of piperazine rings is 1. The van der Waals surface area contributed by atoms with Gasteiger partial charge in [-0.1, -0.05) is 27.7 Å². The van der Waals surface area contributed by atoms with Crippen molar-refractivity contribution in [3.05, 3.63) is 47.6 Å². The largest absolute Gasteiger partial charge is 0.447 e. The van der Waals surface area contributed by atoms with Gasteiger partial charge in [-0.05, 0) is 55.9 Å². The van der Waals surface area contributed by atoms with Gasteiger partial charge in [0.15, 0.2) is 17.2 Å². The Hall–Kier alpha value is -3.33. The van der Waals surface area contributed by atoms with Gasteiger partial charge in [-0.2, -0.15) is 0 Å². The van der Waals surface area contributed by atoms with Crippen molar-refractivity contribution in [2.75, 3.05) is 19.6 Å². The minimum Gasteiger partial charge on any atom is -0.447 e. The second-order valence-electron chi connectivity index (χ2n) is 12.2. The third-order valence-electron chi connectivity index (χ3n) is 7.55. The van der Waals surface area contributed by atoms with Gasteiger partial charge >= 0.3 is 0 Å². The summed E-state index contributed by atoms with van der Waals surface area (Å²) in [4.78, 5) is 39.1. The van der Waals surface area contributed by atoms with Crippen LogP contribution in [-0.2, 0) is 10.2 Å². The van der Waals surface area contributed by atoms with E-state index in [1.165, 1.54) is 12.1 Å². The maximum atomic E-state index is 13.5. The van der Waals surface area contributed by atoms with E-state index in [2.05, 4.69) is 11.9 Å². The molecule has 1 aliphatic heterocycles. The number of aliphatic hydroxyl groups is 1. The van der Waals surface area contributed by atoms with Crippen molar-refractivity contribution in [3.8, 4) is 11.4 Å². The predicted molar refractivity (Wildman–Crippen MR) is 141 cm³/mol. The van der Waals surface area contributed by atoms with Crippen molar-refractivity contribution in [2.45, 2.75) is 71.4 Å². The van der Waals surface area contributed by atoms with Gasteiger partial charge in [0.05, 0.1) is 5.69 Å². The molecule has 9 heteroatoms. The zero-order valence-electron chi connectivity index (χ0n) is 22.6. The average molecular weight is 523 g/mol. The Balaban J connectivity index is 1.38. The van der Waals surface area contributed by atoms with Crippen molar-refractivity contribution < 1.29 is 23.5 Å². The number of hydrogen-bond acceptors (Lipinski definition) is 6. The Morgan fingerprint density at radius 3 is 2.47 bits per heavy atom. The topological polar surface area (TPSA) is 99.8 Å². The van der Waals surface area contributed by atoms with E-state index >= 15 is 0 Å². The second-order valence-corrected chi connectivity index (χ2v) is 12.2. The molecule has 0 bridgehead atoms. The van der Waals surface area contributed by atoms with Crippen LogP contribution in [0.15, 0.2) is 34.7 Å². The number of hydrogen-bond donors (Lipinski definition) is 1. The molecule has 2 fully saturated rings. The molecular weight excluding hydrogens is 487 g/mol. The maximum absolute atomic E-state index is 13.5. The first-order valence-electron chi connectivity index (χ1n) is 13.2. The summed E-state index contributed by atoms with van der Waals surface area (Å²) >= 11 is 0. The number of halogens is 1. The molecule has 1 saturated carbocycles. The molecule has 2 aliphatic rings. The summed E-state index contributed by atoms with van der Waals surface area (Å²) in [5.74, 6) is -0.257. The van der Waals surface area contributed by atoms with Crippen LogP contribution in [0.2, 0.25) is 0 Å². The Morgan fingerprint density at radius 2 is 1.87 bits per heavy atom. The molecular formula is C29H35FN4O4. The average Bonchev–Trinajstić information content (AvgIpc) is 3.45. The summed E-state index contributed by atoms with van der Waals surface area (Å²) < 4.78 is 19.6. The number of amides is 2. The molecule has 1 N–H and O–H groups in total. The molecule has 38 heavy (non-hydrogen) atoms. The number of nitrogens with zero attached hydrogens (tertiary/aromatic N) is 4. The van der Waals surface area contributed by atoms with E-state index in [1.807, 2.05) is 27.7 Å². The second kappa shape index (κ2) is 9.45. The van der Waals surface area contributed by atoms with Gasteiger partial charge < -0.3 is 19.3 Å². The zero-order chi connectivity index (χ0) is 27.4. The number of benzene rings is 1. The van der Waals surface area contributed by atoms with Gasteiger partial charge in [-0.25, -0.2) is 14.4 Å². The van der Waals surface area contributed by atoms with Gasteiger partial charge in [0.1, 0.15) is 17.4 Å². The molecule has 8 nitrogen and oxygen atoms in total. The highest BCUT2D eigenvalue weighted by atomic mass is 19.1. The van der Waals surface area contributed by atoms with Crippen molar-refractivity contribution in [1.82, 2.24) is 19.8 Å². The predicted octanol–water partition coefficient (Wildman–Crippen LogP) is 4.55. The van der Waals surface area contributed by atoms with Crippen LogP contribution in [0.3, 0.4) is 0 Å². The third kappa shape index (κ3) is 5.16. The van der Waals surface area contributed by atoms with Gasteiger partial charge in [0, 0.05) is 42.7 Å². The quantitative estimate of drug-likeness (QED) is 0.528. The van der Waals surface area contributed by atoms with Crippen LogP contribution in [-0.4, -0.2) is 68.5 Å². The van der Waals surface area contributed by atoms with Gasteiger partial charge in [0.25, 0.3) is 11.8 Å². The molecule has 1 aliphatic carbocycles. The summed E-state index contributed by atoms with van der Waals surface area (Å²) in [6.07, 6.45) is 1.23. The first-order chi connectivity index (χ1) is 17.8. The molecule has 2 unspecified atom stereocenters. The number of furan rings is 1. The summed E-state index contributed by atoms with van der Waals surface area (Å²) in [6.45, 7) is 11.0. The first-order valence-corrected chi connectivity index (χ1v) is 13.2. The smallest absolute Gasteiger partial charge is 0.289 e. The fourth-order valence-electron chi connectivity index (χ4n) is 5.08.